The molecule has 3 heteroatoms. The van der Waals surface area contributed by atoms with Gasteiger partial charge in [0.25, 0.3) is 0 Å². The normalized spacial score (nSPS) is 17.5. The molecule has 1 aliphatic rings. The number of hydrogen-bond donors (Lipinski definition) is 0. The Morgan fingerprint density at radius 3 is 2.20 bits per heavy atom. The molecule has 0 N–H and O–H groups in total. The summed E-state index contributed by atoms with van der Waals surface area (Å²) in [5, 5.41) is 0. The molecule has 0 saturated heterocycles. The first-order valence-corrected chi connectivity index (χ1v) is 6.03. The molecule has 0 aromatic rings. The monoisotopic (exact) mass is 214 g/mol. The lowest BCUT2D eigenvalue weighted by molar-refractivity contribution is -0.168. The molecule has 0 atom stereocenters. The Morgan fingerprint density at radius 2 is 1.73 bits per heavy atom. The highest BCUT2D eigenvalue weighted by molar-refractivity contribution is 5.82. The highest BCUT2D eigenvalue weighted by atomic mass is 16.7. The van der Waals surface area contributed by atoms with Crippen molar-refractivity contribution in [2.24, 2.45) is 5.92 Å². The van der Waals surface area contributed by atoms with Crippen LogP contribution in [0.3, 0.4) is 0 Å². The molecule has 1 fully saturated rings. The minimum atomic E-state index is -0.624. The van der Waals surface area contributed by atoms with Crippen LogP contribution < -0.4 is 0 Å². The van der Waals surface area contributed by atoms with E-state index >= 15 is 0 Å². The van der Waals surface area contributed by atoms with E-state index in [0.717, 1.165) is 0 Å². The zero-order chi connectivity index (χ0) is 11.1. The number of Topliss-reactive ketones (excluding diaryl/α,β-unsaturated/α-hetero) is 1. The third-order valence-electron chi connectivity index (χ3n) is 2.86. The first kappa shape index (κ1) is 12.7. The highest BCUT2D eigenvalue weighted by Gasteiger charge is 2.24. The number of carbonyl (C=O) groups is 1. The summed E-state index contributed by atoms with van der Waals surface area (Å²) in [6.07, 6.45) is 4.93. The molecule has 0 amide bonds. The quantitative estimate of drug-likeness (QED) is 0.611. The number of carbonyl (C=O) groups excluding carboxylic acids is 1. The summed E-state index contributed by atoms with van der Waals surface area (Å²) in [7, 11) is 0. The Balaban J connectivity index is 2.33. The van der Waals surface area contributed by atoms with Gasteiger partial charge in [-0.2, -0.15) is 0 Å². The van der Waals surface area contributed by atoms with Crippen LogP contribution in [0.25, 0.3) is 0 Å². The smallest absolute Gasteiger partial charge is 0.217 e. The molecule has 1 saturated carbocycles. The number of rotatable bonds is 7. The zero-order valence-corrected chi connectivity index (χ0v) is 9.83. The lowest BCUT2D eigenvalue weighted by Crippen LogP contribution is -2.29. The van der Waals surface area contributed by atoms with Crippen molar-refractivity contribution >= 4 is 5.78 Å². The van der Waals surface area contributed by atoms with Gasteiger partial charge in [0.2, 0.25) is 6.29 Å². The van der Waals surface area contributed by atoms with E-state index in [-0.39, 0.29) is 5.78 Å². The van der Waals surface area contributed by atoms with Crippen LogP contribution in [0.1, 0.15) is 46.0 Å². The summed E-state index contributed by atoms with van der Waals surface area (Å²) in [6, 6.07) is 0. The van der Waals surface area contributed by atoms with Crippen molar-refractivity contribution < 1.29 is 14.3 Å². The van der Waals surface area contributed by atoms with E-state index in [1.807, 2.05) is 13.8 Å². The molecule has 0 aromatic carbocycles. The van der Waals surface area contributed by atoms with Crippen molar-refractivity contribution in [1.82, 2.24) is 0 Å². The summed E-state index contributed by atoms with van der Waals surface area (Å²) in [6.45, 7) is 4.83. The molecule has 0 aromatic heterocycles. The van der Waals surface area contributed by atoms with Crippen LogP contribution in [-0.2, 0) is 14.3 Å². The lowest BCUT2D eigenvalue weighted by Gasteiger charge is -2.17. The van der Waals surface area contributed by atoms with Gasteiger partial charge in [0.05, 0.1) is 0 Å². The van der Waals surface area contributed by atoms with Gasteiger partial charge in [-0.1, -0.05) is 25.7 Å². The third kappa shape index (κ3) is 4.31. The van der Waals surface area contributed by atoms with E-state index in [9.17, 15) is 4.79 Å². The van der Waals surface area contributed by atoms with Crippen molar-refractivity contribution in [1.29, 1.82) is 0 Å². The second-order valence-corrected chi connectivity index (χ2v) is 4.06. The van der Waals surface area contributed by atoms with Crippen molar-refractivity contribution in [2.45, 2.75) is 52.2 Å². The average Bonchev–Trinajstić information content (AvgIpc) is 2.70. The Morgan fingerprint density at radius 1 is 1.20 bits per heavy atom. The van der Waals surface area contributed by atoms with E-state index in [1.165, 1.54) is 25.7 Å². The fourth-order valence-electron chi connectivity index (χ4n) is 2.13. The van der Waals surface area contributed by atoms with Gasteiger partial charge in [-0.15, -0.1) is 0 Å². The van der Waals surface area contributed by atoms with Crippen LogP contribution in [-0.4, -0.2) is 25.3 Å². The van der Waals surface area contributed by atoms with Gasteiger partial charge < -0.3 is 9.47 Å². The van der Waals surface area contributed by atoms with Crippen LogP contribution in [0.4, 0.5) is 0 Å². The molecule has 1 aliphatic carbocycles. The van der Waals surface area contributed by atoms with Gasteiger partial charge in [0, 0.05) is 19.6 Å². The fourth-order valence-corrected chi connectivity index (χ4v) is 2.13. The van der Waals surface area contributed by atoms with E-state index < -0.39 is 6.29 Å². The predicted molar refractivity (Wildman–Crippen MR) is 58.6 cm³/mol. The number of ether oxygens (including phenoxy) is 2. The summed E-state index contributed by atoms with van der Waals surface area (Å²) in [5.41, 5.74) is 0. The van der Waals surface area contributed by atoms with Crippen molar-refractivity contribution in [2.75, 3.05) is 13.2 Å². The van der Waals surface area contributed by atoms with Gasteiger partial charge in [-0.25, -0.2) is 0 Å². The third-order valence-corrected chi connectivity index (χ3v) is 2.86. The maximum Gasteiger partial charge on any atom is 0.217 e. The first-order chi connectivity index (χ1) is 7.27. The van der Waals surface area contributed by atoms with Crippen molar-refractivity contribution in [3.8, 4) is 0 Å². The molecule has 1 rings (SSSR count). The Bertz CT molecular complexity index is 179. The highest BCUT2D eigenvalue weighted by Crippen LogP contribution is 2.28. The van der Waals surface area contributed by atoms with Gasteiger partial charge in [0.15, 0.2) is 5.78 Å². The second kappa shape index (κ2) is 6.96. The van der Waals surface area contributed by atoms with Gasteiger partial charge in [0.1, 0.15) is 0 Å². The van der Waals surface area contributed by atoms with E-state index in [1.54, 1.807) is 0 Å². The van der Waals surface area contributed by atoms with Crippen LogP contribution in [0.2, 0.25) is 0 Å². The second-order valence-electron chi connectivity index (χ2n) is 4.06. The van der Waals surface area contributed by atoms with Crippen LogP contribution in [0.5, 0.6) is 0 Å². The van der Waals surface area contributed by atoms with Crippen molar-refractivity contribution in [3.05, 3.63) is 0 Å². The molecular weight excluding hydrogens is 192 g/mol. The van der Waals surface area contributed by atoms with E-state index in [4.69, 9.17) is 9.47 Å². The largest absolute Gasteiger partial charge is 0.346 e. The zero-order valence-electron chi connectivity index (χ0n) is 9.83. The van der Waals surface area contributed by atoms with Gasteiger partial charge in [-0.3, -0.25) is 4.79 Å². The standard InChI is InChI=1S/C12H22O3/c1-3-14-12(15-4-2)11(13)9-10-7-5-6-8-10/h10,12H,3-9H2,1-2H3. The van der Waals surface area contributed by atoms with E-state index in [2.05, 4.69) is 0 Å². The molecule has 0 aliphatic heterocycles. The molecule has 3 nitrogen and oxygen atoms in total. The molecular formula is C12H22O3. The molecule has 0 bridgehead atoms. The van der Waals surface area contributed by atoms with Crippen LogP contribution in [0.15, 0.2) is 0 Å². The maximum absolute atomic E-state index is 11.8. The van der Waals surface area contributed by atoms with E-state index in [0.29, 0.717) is 25.6 Å². The molecule has 0 spiro atoms. The first-order valence-electron chi connectivity index (χ1n) is 6.03. The SMILES string of the molecule is CCOC(OCC)C(=O)CC1CCCC1. The Labute approximate surface area is 92.1 Å². The Kier molecular flexibility index (Phi) is 5.88. The summed E-state index contributed by atoms with van der Waals surface area (Å²) < 4.78 is 10.6. The minimum Gasteiger partial charge on any atom is -0.346 e. The predicted octanol–water partition coefficient (Wildman–Crippen LogP) is 2.53. The van der Waals surface area contributed by atoms with Crippen LogP contribution >= 0.6 is 0 Å². The Hall–Kier alpha value is -0.410. The molecule has 15 heavy (non-hydrogen) atoms. The lowest BCUT2D eigenvalue weighted by atomic mass is 10.0. The minimum absolute atomic E-state index is 0.116. The summed E-state index contributed by atoms with van der Waals surface area (Å²) in [4.78, 5) is 11.8. The molecule has 0 radical (unpaired) electrons. The summed E-state index contributed by atoms with van der Waals surface area (Å²) >= 11 is 0. The van der Waals surface area contributed by atoms with Gasteiger partial charge in [-0.05, 0) is 19.8 Å². The summed E-state index contributed by atoms with van der Waals surface area (Å²) in [5.74, 6) is 0.687. The van der Waals surface area contributed by atoms with Gasteiger partial charge >= 0.3 is 0 Å². The fraction of sp³-hybridized carbons (Fsp3) is 0.917. The molecule has 88 valence electrons. The number of ketones is 1. The molecule has 0 unspecified atom stereocenters. The average molecular weight is 214 g/mol. The molecule has 0 heterocycles. The topological polar surface area (TPSA) is 35.5 Å². The number of hydrogen-bond acceptors (Lipinski definition) is 3. The van der Waals surface area contributed by atoms with Crippen molar-refractivity contribution in [3.63, 3.8) is 0 Å². The maximum atomic E-state index is 11.8. The van der Waals surface area contributed by atoms with Crippen LogP contribution in [0, 0.1) is 5.92 Å².